The van der Waals surface area contributed by atoms with E-state index in [9.17, 15) is 0 Å². The van der Waals surface area contributed by atoms with E-state index in [1.54, 1.807) is 7.11 Å². The molecule has 0 saturated heterocycles. The summed E-state index contributed by atoms with van der Waals surface area (Å²) < 4.78 is 8.49. The SMILES string of the molecule is COc1nc2c(-c3ccccc3)c3ccc4n3ccc-2c1C(c1ccccc1)=c1ccc([nH]1)=C(c1ccccc1)C1=NC(=C4c2ccccc2)C=C1. The van der Waals surface area contributed by atoms with Crippen molar-refractivity contribution in [3.8, 4) is 28.3 Å². The number of fused-ring (bicyclic) bond motifs is 4. The number of nitrogens with one attached hydrogen (secondary N) is 1. The number of ether oxygens (including phenoxy) is 1. The Kier molecular flexibility index (Phi) is 6.96. The minimum Gasteiger partial charge on any atom is -0.481 e. The summed E-state index contributed by atoms with van der Waals surface area (Å²) in [6.45, 7) is 0. The van der Waals surface area contributed by atoms with Gasteiger partial charge in [0, 0.05) is 44.7 Å². The Hall–Kier alpha value is -6.98. The van der Waals surface area contributed by atoms with E-state index in [1.165, 1.54) is 0 Å². The van der Waals surface area contributed by atoms with E-state index in [-0.39, 0.29) is 0 Å². The Bertz CT molecular complexity index is 2840. The van der Waals surface area contributed by atoms with Gasteiger partial charge in [0.25, 0.3) is 0 Å². The van der Waals surface area contributed by atoms with Crippen LogP contribution in [0.3, 0.4) is 0 Å². The fourth-order valence-electron chi connectivity index (χ4n) is 7.81. The fourth-order valence-corrected chi connectivity index (χ4v) is 7.81. The zero-order valence-electron chi connectivity index (χ0n) is 28.4. The van der Waals surface area contributed by atoms with E-state index in [0.29, 0.717) is 5.88 Å². The third-order valence-corrected chi connectivity index (χ3v) is 10.1. The highest BCUT2D eigenvalue weighted by Crippen LogP contribution is 2.46. The maximum absolute atomic E-state index is 6.19. The van der Waals surface area contributed by atoms with E-state index in [2.05, 4.69) is 179 Å². The molecule has 0 radical (unpaired) electrons. The molecule has 0 fully saturated rings. The number of hydrogen-bond acceptors (Lipinski definition) is 3. The van der Waals surface area contributed by atoms with Crippen LogP contribution in [-0.4, -0.2) is 27.2 Å². The third kappa shape index (κ3) is 4.71. The largest absolute Gasteiger partial charge is 0.481 e. The van der Waals surface area contributed by atoms with Gasteiger partial charge in [-0.2, -0.15) is 0 Å². The van der Waals surface area contributed by atoms with Gasteiger partial charge in [0.1, 0.15) is 0 Å². The fraction of sp³-hybridized carbons (Fsp3) is 0.0213. The van der Waals surface area contributed by atoms with Crippen LogP contribution in [0, 0.1) is 0 Å². The summed E-state index contributed by atoms with van der Waals surface area (Å²) in [7, 11) is 1.71. The zero-order chi connectivity index (χ0) is 34.6. The molecule has 5 nitrogen and oxygen atoms in total. The highest BCUT2D eigenvalue weighted by atomic mass is 16.5. The number of allylic oxidation sites excluding steroid dienone is 2. The van der Waals surface area contributed by atoms with E-state index >= 15 is 0 Å². The first-order valence-electron chi connectivity index (χ1n) is 17.5. The van der Waals surface area contributed by atoms with Crippen molar-refractivity contribution < 1.29 is 4.74 Å². The molecule has 6 bridgehead atoms. The predicted octanol–water partition coefficient (Wildman–Crippen LogP) is 8.67. The summed E-state index contributed by atoms with van der Waals surface area (Å²) in [5, 5.41) is 1.93. The van der Waals surface area contributed by atoms with Gasteiger partial charge in [-0.25, -0.2) is 9.98 Å². The molecular formula is C47H32N4O. The molecule has 1 N–H and O–H groups in total. The lowest BCUT2D eigenvalue weighted by Crippen LogP contribution is -2.19. The first-order chi connectivity index (χ1) is 25.8. The number of aliphatic imine (C=N–C) groups is 1. The van der Waals surface area contributed by atoms with Crippen molar-refractivity contribution in [2.75, 3.05) is 7.11 Å². The molecule has 4 aromatic carbocycles. The smallest absolute Gasteiger partial charge is 0.222 e. The van der Waals surface area contributed by atoms with Gasteiger partial charge in [-0.3, -0.25) is 0 Å². The molecule has 246 valence electrons. The number of aromatic amines is 1. The van der Waals surface area contributed by atoms with Gasteiger partial charge in [-0.15, -0.1) is 0 Å². The highest BCUT2D eigenvalue weighted by molar-refractivity contribution is 6.30. The number of rotatable bonds is 5. The van der Waals surface area contributed by atoms with Crippen molar-refractivity contribution in [2.45, 2.75) is 0 Å². The van der Waals surface area contributed by atoms with Crippen molar-refractivity contribution in [3.05, 3.63) is 214 Å². The number of methoxy groups -OCH3 is 1. The predicted molar refractivity (Wildman–Crippen MR) is 210 cm³/mol. The van der Waals surface area contributed by atoms with Crippen molar-refractivity contribution in [3.63, 3.8) is 0 Å². The first kappa shape index (κ1) is 29.9. The molecule has 0 unspecified atom stereocenters. The molecule has 5 heteroatoms. The standard InChI is InChI=1S/C47H32N4O/c1-52-47-45-34-28-29-51-39(26-27-40(51)44(46(34)50-47)33-20-12-5-13-21-33)42(31-16-8-3-9-17-31)37-24-22-35(48-37)41(30-14-6-2-7-15-30)36-23-25-38(49-36)43(45)32-18-10-4-11-19-32/h2-29,49H,1H3. The zero-order valence-corrected chi connectivity index (χ0v) is 28.4. The lowest BCUT2D eigenvalue weighted by Gasteiger charge is -2.12. The Morgan fingerprint density at radius 3 is 1.75 bits per heavy atom. The molecule has 2 aromatic heterocycles. The van der Waals surface area contributed by atoms with Crippen LogP contribution >= 0.6 is 0 Å². The lowest BCUT2D eigenvalue weighted by molar-refractivity contribution is 0.400. The number of benzene rings is 4. The van der Waals surface area contributed by atoms with Gasteiger partial charge < -0.3 is 14.1 Å². The molecule has 0 amide bonds. The van der Waals surface area contributed by atoms with Crippen LogP contribution in [0.1, 0.15) is 27.9 Å². The average molecular weight is 669 g/mol. The van der Waals surface area contributed by atoms with Gasteiger partial charge in [0.15, 0.2) is 0 Å². The van der Waals surface area contributed by atoms with E-state index in [4.69, 9.17) is 14.7 Å². The number of aromatic nitrogens is 3. The van der Waals surface area contributed by atoms with Crippen LogP contribution < -0.4 is 15.4 Å². The Balaban J connectivity index is 1.44. The van der Waals surface area contributed by atoms with Gasteiger partial charge in [0.2, 0.25) is 5.88 Å². The molecular weight excluding hydrogens is 637 g/mol. The summed E-state index contributed by atoms with van der Waals surface area (Å²) in [6.07, 6.45) is 6.48. The number of nitrogens with zero attached hydrogens (tertiary/aromatic N) is 3. The van der Waals surface area contributed by atoms with Crippen LogP contribution in [0.15, 0.2) is 181 Å². The van der Waals surface area contributed by atoms with Crippen molar-refractivity contribution >= 4 is 27.9 Å². The summed E-state index contributed by atoms with van der Waals surface area (Å²) in [4.78, 5) is 14.6. The van der Waals surface area contributed by atoms with Gasteiger partial charge in [-0.1, -0.05) is 121 Å². The average Bonchev–Trinajstić information content (AvgIpc) is 4.01. The second-order valence-corrected chi connectivity index (χ2v) is 13.0. The second-order valence-electron chi connectivity index (χ2n) is 13.0. The lowest BCUT2D eigenvalue weighted by atomic mass is 9.93. The minimum absolute atomic E-state index is 0.577. The van der Waals surface area contributed by atoms with Crippen molar-refractivity contribution in [2.24, 2.45) is 4.99 Å². The quantitative estimate of drug-likeness (QED) is 0.200. The van der Waals surface area contributed by atoms with Crippen molar-refractivity contribution in [1.29, 1.82) is 0 Å². The highest BCUT2D eigenvalue weighted by Gasteiger charge is 2.29. The summed E-state index contributed by atoms with van der Waals surface area (Å²) in [6, 6.07) is 53.1. The molecule has 52 heavy (non-hydrogen) atoms. The second kappa shape index (κ2) is 12.1. The van der Waals surface area contributed by atoms with Crippen molar-refractivity contribution in [1.82, 2.24) is 14.4 Å². The molecule has 0 atom stereocenters. The van der Waals surface area contributed by atoms with E-state index in [1.807, 2.05) is 0 Å². The molecule has 4 aliphatic rings. The summed E-state index contributed by atoms with van der Waals surface area (Å²) in [5.74, 6) is 0.577. The number of H-pyrrole nitrogens is 1. The molecule has 6 aromatic rings. The topological polar surface area (TPSA) is 54.7 Å². The first-order valence-corrected chi connectivity index (χ1v) is 17.5. The molecule has 10 rings (SSSR count). The summed E-state index contributed by atoms with van der Waals surface area (Å²) in [5.41, 5.74) is 15.1. The molecule has 6 heterocycles. The van der Waals surface area contributed by atoms with Gasteiger partial charge in [0.05, 0.1) is 41.0 Å². The normalized spacial score (nSPS) is 13.8. The molecule has 4 aliphatic heterocycles. The van der Waals surface area contributed by atoms with Crippen LogP contribution in [0.5, 0.6) is 5.88 Å². The van der Waals surface area contributed by atoms with E-state index in [0.717, 1.165) is 94.7 Å². The Labute approximate surface area is 300 Å². The van der Waals surface area contributed by atoms with Crippen LogP contribution in [0.4, 0.5) is 0 Å². The molecule has 0 saturated carbocycles. The maximum Gasteiger partial charge on any atom is 0.222 e. The van der Waals surface area contributed by atoms with Gasteiger partial charge >= 0.3 is 0 Å². The third-order valence-electron chi connectivity index (χ3n) is 10.1. The molecule has 0 spiro atoms. The van der Waals surface area contributed by atoms with Crippen LogP contribution in [-0.2, 0) is 0 Å². The van der Waals surface area contributed by atoms with Crippen LogP contribution in [0.2, 0.25) is 0 Å². The Morgan fingerprint density at radius 1 is 0.538 bits per heavy atom. The van der Waals surface area contributed by atoms with Crippen LogP contribution in [0.25, 0.3) is 44.6 Å². The van der Waals surface area contributed by atoms with E-state index < -0.39 is 0 Å². The van der Waals surface area contributed by atoms with Gasteiger partial charge in [-0.05, 0) is 64.7 Å². The number of hydrogen-bond donors (Lipinski definition) is 1. The Morgan fingerprint density at radius 2 is 1.12 bits per heavy atom. The summed E-state index contributed by atoms with van der Waals surface area (Å²) >= 11 is 0. The molecule has 0 aliphatic carbocycles. The monoisotopic (exact) mass is 668 g/mol. The maximum atomic E-state index is 6.19. The minimum atomic E-state index is 0.577.